The first-order valence-corrected chi connectivity index (χ1v) is 6.33. The smallest absolute Gasteiger partial charge is 0.183 e. The van der Waals surface area contributed by atoms with Crippen molar-refractivity contribution in [2.24, 2.45) is 4.99 Å². The molecule has 0 radical (unpaired) electrons. The quantitative estimate of drug-likeness (QED) is 0.388. The SMILES string of the molecule is CSC(=Nc1ccccc1-c1cnco1)NC#N. The molecule has 0 fully saturated rings. The first-order chi connectivity index (χ1) is 8.85. The Kier molecular flexibility index (Phi) is 3.99. The zero-order valence-corrected chi connectivity index (χ0v) is 10.4. The largest absolute Gasteiger partial charge is 0.443 e. The van der Waals surface area contributed by atoms with Crippen LogP contribution in [0, 0.1) is 11.5 Å². The molecule has 6 heteroatoms. The van der Waals surface area contributed by atoms with Crippen molar-refractivity contribution in [3.05, 3.63) is 36.9 Å². The minimum Gasteiger partial charge on any atom is -0.443 e. The van der Waals surface area contributed by atoms with Gasteiger partial charge in [0.05, 0.1) is 11.9 Å². The van der Waals surface area contributed by atoms with Crippen molar-refractivity contribution in [3.8, 4) is 17.5 Å². The molecule has 0 spiro atoms. The van der Waals surface area contributed by atoms with Gasteiger partial charge >= 0.3 is 0 Å². The molecule has 0 saturated carbocycles. The Morgan fingerprint density at radius 2 is 2.33 bits per heavy atom. The van der Waals surface area contributed by atoms with Gasteiger partial charge < -0.3 is 4.42 Å². The molecule has 0 aliphatic rings. The summed E-state index contributed by atoms with van der Waals surface area (Å²) in [7, 11) is 0. The summed E-state index contributed by atoms with van der Waals surface area (Å²) >= 11 is 1.37. The maximum absolute atomic E-state index is 8.62. The summed E-state index contributed by atoms with van der Waals surface area (Å²) in [5, 5.41) is 11.7. The van der Waals surface area contributed by atoms with Crippen molar-refractivity contribution in [2.75, 3.05) is 6.26 Å². The lowest BCUT2D eigenvalue weighted by atomic mass is 10.1. The highest BCUT2D eigenvalue weighted by Crippen LogP contribution is 2.30. The van der Waals surface area contributed by atoms with Gasteiger partial charge in [-0.3, -0.25) is 5.32 Å². The summed E-state index contributed by atoms with van der Waals surface area (Å²) < 4.78 is 5.26. The average molecular weight is 258 g/mol. The second kappa shape index (κ2) is 5.89. The van der Waals surface area contributed by atoms with Crippen molar-refractivity contribution in [1.82, 2.24) is 10.3 Å². The van der Waals surface area contributed by atoms with Crippen LogP contribution in [0.2, 0.25) is 0 Å². The lowest BCUT2D eigenvalue weighted by Crippen LogP contribution is -2.12. The Labute approximate surface area is 109 Å². The van der Waals surface area contributed by atoms with Crippen LogP contribution in [0.4, 0.5) is 5.69 Å². The predicted octanol–water partition coefficient (Wildman–Crippen LogP) is 2.76. The standard InChI is InChI=1S/C12H10N4OS/c1-18-12(15-7-13)16-10-5-3-2-4-9(10)11-6-14-8-17-11/h2-6,8H,1H3,(H,15,16). The third kappa shape index (κ3) is 2.70. The highest BCUT2D eigenvalue weighted by Gasteiger charge is 2.07. The number of thioether (sulfide) groups is 1. The predicted molar refractivity (Wildman–Crippen MR) is 71.3 cm³/mol. The van der Waals surface area contributed by atoms with E-state index >= 15 is 0 Å². The summed E-state index contributed by atoms with van der Waals surface area (Å²) in [6.45, 7) is 0. The van der Waals surface area contributed by atoms with E-state index in [9.17, 15) is 0 Å². The number of nitriles is 1. The van der Waals surface area contributed by atoms with Crippen LogP contribution in [-0.4, -0.2) is 16.4 Å². The van der Waals surface area contributed by atoms with E-state index in [2.05, 4.69) is 15.3 Å². The minimum atomic E-state index is 0.532. The van der Waals surface area contributed by atoms with Gasteiger partial charge in [-0.05, 0) is 18.4 Å². The molecule has 2 aromatic rings. The maximum atomic E-state index is 8.62. The van der Waals surface area contributed by atoms with Gasteiger partial charge in [0.1, 0.15) is 0 Å². The molecule has 5 nitrogen and oxygen atoms in total. The molecular formula is C12H10N4OS. The number of aliphatic imine (C=N–C) groups is 1. The third-order valence-electron chi connectivity index (χ3n) is 2.18. The lowest BCUT2D eigenvalue weighted by Gasteiger charge is -2.04. The van der Waals surface area contributed by atoms with E-state index in [0.29, 0.717) is 10.9 Å². The zero-order chi connectivity index (χ0) is 12.8. The molecule has 0 aliphatic carbocycles. The van der Waals surface area contributed by atoms with Crippen LogP contribution >= 0.6 is 11.8 Å². The van der Waals surface area contributed by atoms with Crippen LogP contribution < -0.4 is 5.32 Å². The number of oxazole rings is 1. The van der Waals surface area contributed by atoms with E-state index in [-0.39, 0.29) is 0 Å². The first-order valence-electron chi connectivity index (χ1n) is 5.11. The van der Waals surface area contributed by atoms with Crippen LogP contribution in [0.25, 0.3) is 11.3 Å². The van der Waals surface area contributed by atoms with E-state index in [1.165, 1.54) is 18.2 Å². The van der Waals surface area contributed by atoms with Crippen LogP contribution in [-0.2, 0) is 0 Å². The Morgan fingerprint density at radius 1 is 1.50 bits per heavy atom. The average Bonchev–Trinajstić information content (AvgIpc) is 2.92. The van der Waals surface area contributed by atoms with E-state index in [4.69, 9.17) is 9.68 Å². The summed E-state index contributed by atoms with van der Waals surface area (Å²) in [5.41, 5.74) is 1.56. The van der Waals surface area contributed by atoms with Gasteiger partial charge in [-0.1, -0.05) is 23.9 Å². The van der Waals surface area contributed by atoms with Crippen LogP contribution in [0.3, 0.4) is 0 Å². The van der Waals surface area contributed by atoms with Gasteiger partial charge in [0.15, 0.2) is 23.5 Å². The van der Waals surface area contributed by atoms with Crippen molar-refractivity contribution < 1.29 is 4.42 Å². The number of para-hydroxylation sites is 1. The zero-order valence-electron chi connectivity index (χ0n) is 9.62. The van der Waals surface area contributed by atoms with Crippen molar-refractivity contribution in [1.29, 1.82) is 5.26 Å². The highest BCUT2D eigenvalue weighted by molar-refractivity contribution is 8.13. The first kappa shape index (κ1) is 12.2. The summed E-state index contributed by atoms with van der Waals surface area (Å²) in [4.78, 5) is 8.27. The van der Waals surface area contributed by atoms with E-state index in [1.807, 2.05) is 36.7 Å². The summed E-state index contributed by atoms with van der Waals surface area (Å²) in [6.07, 6.45) is 6.71. The Hall–Kier alpha value is -2.26. The van der Waals surface area contributed by atoms with E-state index in [1.54, 1.807) is 6.20 Å². The molecule has 1 N–H and O–H groups in total. The van der Waals surface area contributed by atoms with Gasteiger partial charge in [-0.2, -0.15) is 5.26 Å². The monoisotopic (exact) mass is 258 g/mol. The number of rotatable bonds is 2. The number of nitrogens with zero attached hydrogens (tertiary/aromatic N) is 3. The molecular weight excluding hydrogens is 248 g/mol. The lowest BCUT2D eigenvalue weighted by molar-refractivity contribution is 0.572. The molecule has 0 unspecified atom stereocenters. The number of aromatic nitrogens is 1. The maximum Gasteiger partial charge on any atom is 0.183 e. The molecule has 18 heavy (non-hydrogen) atoms. The molecule has 1 heterocycles. The van der Waals surface area contributed by atoms with Crippen LogP contribution in [0.15, 0.2) is 46.3 Å². The van der Waals surface area contributed by atoms with Gasteiger partial charge in [-0.25, -0.2) is 9.98 Å². The van der Waals surface area contributed by atoms with Crippen molar-refractivity contribution >= 4 is 22.6 Å². The molecule has 1 aromatic carbocycles. The fourth-order valence-electron chi connectivity index (χ4n) is 1.41. The molecule has 0 aliphatic heterocycles. The molecule has 0 amide bonds. The normalized spacial score (nSPS) is 11.0. The fraction of sp³-hybridized carbons (Fsp3) is 0.0833. The van der Waals surface area contributed by atoms with E-state index < -0.39 is 0 Å². The van der Waals surface area contributed by atoms with Crippen LogP contribution in [0.1, 0.15) is 0 Å². The number of amidine groups is 1. The Balaban J connectivity index is 2.43. The van der Waals surface area contributed by atoms with Crippen molar-refractivity contribution in [2.45, 2.75) is 0 Å². The van der Waals surface area contributed by atoms with Gasteiger partial charge in [0.2, 0.25) is 0 Å². The minimum absolute atomic E-state index is 0.532. The van der Waals surface area contributed by atoms with Gasteiger partial charge in [0.25, 0.3) is 0 Å². The summed E-state index contributed by atoms with van der Waals surface area (Å²) in [6, 6.07) is 7.52. The van der Waals surface area contributed by atoms with Crippen molar-refractivity contribution in [3.63, 3.8) is 0 Å². The third-order valence-corrected chi connectivity index (χ3v) is 2.76. The second-order valence-corrected chi connectivity index (χ2v) is 4.04. The molecule has 0 atom stereocenters. The molecule has 0 bridgehead atoms. The number of nitrogens with one attached hydrogen (secondary N) is 1. The summed E-state index contributed by atoms with van der Waals surface area (Å²) in [5.74, 6) is 0.645. The Bertz CT molecular complexity index is 586. The van der Waals surface area contributed by atoms with Gasteiger partial charge in [-0.15, -0.1) is 0 Å². The number of benzene rings is 1. The number of hydrogen-bond acceptors (Lipinski definition) is 5. The molecule has 1 aromatic heterocycles. The van der Waals surface area contributed by atoms with E-state index in [0.717, 1.165) is 11.3 Å². The fourth-order valence-corrected chi connectivity index (χ4v) is 1.75. The molecule has 2 rings (SSSR count). The Morgan fingerprint density at radius 3 is 3.00 bits per heavy atom. The van der Waals surface area contributed by atoms with Gasteiger partial charge in [0, 0.05) is 5.56 Å². The molecule has 0 saturated heterocycles. The number of hydrogen-bond donors (Lipinski definition) is 1. The highest BCUT2D eigenvalue weighted by atomic mass is 32.2. The van der Waals surface area contributed by atoms with Crippen LogP contribution in [0.5, 0.6) is 0 Å². The second-order valence-electron chi connectivity index (χ2n) is 3.24. The topological polar surface area (TPSA) is 74.2 Å². The molecule has 90 valence electrons.